The average Bonchev–Trinajstić information content (AvgIpc) is 2.41. The number of benzene rings is 1. The molecule has 2 rings (SSSR count). The zero-order valence-corrected chi connectivity index (χ0v) is 12.8. The lowest BCUT2D eigenvalue weighted by atomic mass is 9.81. The van der Waals surface area contributed by atoms with Crippen molar-refractivity contribution in [1.82, 2.24) is 10.0 Å². The van der Waals surface area contributed by atoms with E-state index in [-0.39, 0.29) is 22.0 Å². The molecule has 0 aromatic heterocycles. The van der Waals surface area contributed by atoms with E-state index in [1.165, 1.54) is 24.3 Å². The Bertz CT molecular complexity index is 625. The van der Waals surface area contributed by atoms with Crippen molar-refractivity contribution < 1.29 is 13.3 Å². The Morgan fingerprint density at radius 1 is 1.33 bits per heavy atom. The van der Waals surface area contributed by atoms with Gasteiger partial charge in [-0.05, 0) is 30.5 Å². The van der Waals surface area contributed by atoms with Crippen molar-refractivity contribution >= 4 is 15.7 Å². The molecule has 0 aliphatic carbocycles. The molecule has 0 amide bonds. The first kappa shape index (κ1) is 15.9. The van der Waals surface area contributed by atoms with E-state index in [1.807, 2.05) is 13.8 Å². The third kappa shape index (κ3) is 3.58. The van der Waals surface area contributed by atoms with Gasteiger partial charge in [-0.25, -0.2) is 13.1 Å². The van der Waals surface area contributed by atoms with Crippen LogP contribution in [0.1, 0.15) is 20.3 Å². The SMILES string of the molecule is CC1(C)CNCCC1NS(=O)(=O)c1ccc([N+](=O)[O-])cc1. The van der Waals surface area contributed by atoms with Crippen molar-refractivity contribution in [3.8, 4) is 0 Å². The van der Waals surface area contributed by atoms with Gasteiger partial charge in [-0.15, -0.1) is 0 Å². The third-order valence-electron chi connectivity index (χ3n) is 3.79. The van der Waals surface area contributed by atoms with E-state index in [2.05, 4.69) is 10.0 Å². The monoisotopic (exact) mass is 313 g/mol. The minimum absolute atomic E-state index is 0.0439. The summed E-state index contributed by atoms with van der Waals surface area (Å²) in [6.45, 7) is 5.50. The molecule has 2 N–H and O–H groups in total. The summed E-state index contributed by atoms with van der Waals surface area (Å²) >= 11 is 0. The minimum Gasteiger partial charge on any atom is -0.316 e. The molecule has 8 heteroatoms. The Morgan fingerprint density at radius 2 is 1.95 bits per heavy atom. The average molecular weight is 313 g/mol. The molecule has 1 aliphatic heterocycles. The van der Waals surface area contributed by atoms with Gasteiger partial charge in [0, 0.05) is 24.7 Å². The smallest absolute Gasteiger partial charge is 0.269 e. The summed E-state index contributed by atoms with van der Waals surface area (Å²) < 4.78 is 27.4. The predicted molar refractivity (Wildman–Crippen MR) is 78.5 cm³/mol. The van der Waals surface area contributed by atoms with Crippen LogP contribution in [-0.2, 0) is 10.0 Å². The summed E-state index contributed by atoms with van der Waals surface area (Å²) in [6.07, 6.45) is 0.708. The molecule has 1 saturated heterocycles. The first-order chi connectivity index (χ1) is 9.72. The second-order valence-corrected chi connectivity index (χ2v) is 7.59. The molecule has 7 nitrogen and oxygen atoms in total. The number of hydrogen-bond donors (Lipinski definition) is 2. The number of piperidine rings is 1. The van der Waals surface area contributed by atoms with E-state index in [9.17, 15) is 18.5 Å². The number of nitro benzene ring substituents is 1. The summed E-state index contributed by atoms with van der Waals surface area (Å²) in [5.41, 5.74) is -0.317. The molecule has 1 unspecified atom stereocenters. The molecule has 0 spiro atoms. The van der Waals surface area contributed by atoms with Gasteiger partial charge in [-0.3, -0.25) is 10.1 Å². The van der Waals surface area contributed by atoms with Crippen LogP contribution in [0.4, 0.5) is 5.69 Å². The van der Waals surface area contributed by atoms with Gasteiger partial charge < -0.3 is 5.32 Å². The Labute approximate surface area is 123 Å². The van der Waals surface area contributed by atoms with E-state index < -0.39 is 14.9 Å². The minimum atomic E-state index is -3.67. The van der Waals surface area contributed by atoms with E-state index in [0.29, 0.717) is 6.42 Å². The summed E-state index contributed by atoms with van der Waals surface area (Å²) in [7, 11) is -3.67. The molecular weight excluding hydrogens is 294 g/mol. The predicted octanol–water partition coefficient (Wildman–Crippen LogP) is 1.26. The first-order valence-corrected chi connectivity index (χ1v) is 8.18. The Kier molecular flexibility index (Phi) is 4.31. The van der Waals surface area contributed by atoms with Crippen LogP contribution < -0.4 is 10.0 Å². The van der Waals surface area contributed by atoms with Crippen molar-refractivity contribution in [2.45, 2.75) is 31.2 Å². The standard InChI is InChI=1S/C13H19N3O4S/c1-13(2)9-14-8-7-12(13)15-21(19,20)11-5-3-10(4-6-11)16(17)18/h3-6,12,14-15H,7-9H2,1-2H3. The molecule has 1 heterocycles. The highest BCUT2D eigenvalue weighted by atomic mass is 32.2. The number of hydrogen-bond acceptors (Lipinski definition) is 5. The van der Waals surface area contributed by atoms with E-state index in [0.717, 1.165) is 13.1 Å². The van der Waals surface area contributed by atoms with Crippen molar-refractivity contribution in [1.29, 1.82) is 0 Å². The lowest BCUT2D eigenvalue weighted by Gasteiger charge is -2.39. The van der Waals surface area contributed by atoms with Gasteiger partial charge >= 0.3 is 0 Å². The lowest BCUT2D eigenvalue weighted by Crippen LogP contribution is -2.54. The van der Waals surface area contributed by atoms with E-state index in [4.69, 9.17) is 0 Å². The lowest BCUT2D eigenvalue weighted by molar-refractivity contribution is -0.384. The maximum atomic E-state index is 12.4. The van der Waals surface area contributed by atoms with Crippen LogP contribution in [0.15, 0.2) is 29.2 Å². The van der Waals surface area contributed by atoms with Crippen molar-refractivity contribution in [2.75, 3.05) is 13.1 Å². The fourth-order valence-corrected chi connectivity index (χ4v) is 3.83. The van der Waals surface area contributed by atoms with Crippen LogP contribution in [0, 0.1) is 15.5 Å². The van der Waals surface area contributed by atoms with E-state index >= 15 is 0 Å². The number of nitrogens with zero attached hydrogens (tertiary/aromatic N) is 1. The summed E-state index contributed by atoms with van der Waals surface area (Å²) in [6, 6.07) is 4.74. The number of rotatable bonds is 4. The number of nitro groups is 1. The van der Waals surface area contributed by atoms with Crippen LogP contribution in [0.3, 0.4) is 0 Å². The van der Waals surface area contributed by atoms with E-state index in [1.54, 1.807) is 0 Å². The van der Waals surface area contributed by atoms with Crippen molar-refractivity contribution in [3.63, 3.8) is 0 Å². The molecule has 116 valence electrons. The normalized spacial score (nSPS) is 21.9. The van der Waals surface area contributed by atoms with Gasteiger partial charge in [0.15, 0.2) is 0 Å². The third-order valence-corrected chi connectivity index (χ3v) is 5.28. The number of sulfonamides is 1. The highest BCUT2D eigenvalue weighted by Gasteiger charge is 2.35. The highest BCUT2D eigenvalue weighted by molar-refractivity contribution is 7.89. The Morgan fingerprint density at radius 3 is 2.48 bits per heavy atom. The fourth-order valence-electron chi connectivity index (χ4n) is 2.39. The molecule has 1 atom stereocenters. The quantitative estimate of drug-likeness (QED) is 0.643. The summed E-state index contributed by atoms with van der Waals surface area (Å²) in [5, 5.41) is 13.8. The number of non-ortho nitro benzene ring substituents is 1. The molecule has 1 aliphatic rings. The molecule has 0 saturated carbocycles. The maximum absolute atomic E-state index is 12.4. The van der Waals surface area contributed by atoms with Gasteiger partial charge in [-0.1, -0.05) is 13.8 Å². The van der Waals surface area contributed by atoms with Gasteiger partial charge in [0.05, 0.1) is 9.82 Å². The molecule has 1 aromatic carbocycles. The number of nitrogens with one attached hydrogen (secondary N) is 2. The van der Waals surface area contributed by atoms with Crippen LogP contribution in [-0.4, -0.2) is 32.5 Å². The fraction of sp³-hybridized carbons (Fsp3) is 0.538. The first-order valence-electron chi connectivity index (χ1n) is 6.70. The Balaban J connectivity index is 2.20. The largest absolute Gasteiger partial charge is 0.316 e. The van der Waals surface area contributed by atoms with Crippen molar-refractivity contribution in [3.05, 3.63) is 34.4 Å². The molecule has 1 aromatic rings. The van der Waals surface area contributed by atoms with Crippen molar-refractivity contribution in [2.24, 2.45) is 5.41 Å². The zero-order valence-electron chi connectivity index (χ0n) is 12.0. The second kappa shape index (κ2) is 5.70. The van der Waals surface area contributed by atoms with Gasteiger partial charge in [0.25, 0.3) is 5.69 Å². The van der Waals surface area contributed by atoms with Gasteiger partial charge in [-0.2, -0.15) is 0 Å². The zero-order chi connectivity index (χ0) is 15.7. The highest BCUT2D eigenvalue weighted by Crippen LogP contribution is 2.27. The maximum Gasteiger partial charge on any atom is 0.269 e. The van der Waals surface area contributed by atoms with Gasteiger partial charge in [0.1, 0.15) is 0 Å². The summed E-state index contributed by atoms with van der Waals surface area (Å²) in [4.78, 5) is 10.1. The summed E-state index contributed by atoms with van der Waals surface area (Å²) in [5.74, 6) is 0. The molecule has 1 fully saturated rings. The molecule has 0 bridgehead atoms. The van der Waals surface area contributed by atoms with Crippen LogP contribution in [0.25, 0.3) is 0 Å². The topological polar surface area (TPSA) is 101 Å². The van der Waals surface area contributed by atoms with Crippen LogP contribution in [0.2, 0.25) is 0 Å². The second-order valence-electron chi connectivity index (χ2n) is 5.88. The van der Waals surface area contributed by atoms with Crippen LogP contribution >= 0.6 is 0 Å². The Hall–Kier alpha value is -1.51. The molecule has 21 heavy (non-hydrogen) atoms. The van der Waals surface area contributed by atoms with Crippen LogP contribution in [0.5, 0.6) is 0 Å². The molecular formula is C13H19N3O4S. The van der Waals surface area contributed by atoms with Gasteiger partial charge in [0.2, 0.25) is 10.0 Å². The molecule has 0 radical (unpaired) electrons.